The van der Waals surface area contributed by atoms with E-state index < -0.39 is 0 Å². The molecule has 1 amide bonds. The van der Waals surface area contributed by atoms with Gasteiger partial charge in [0, 0.05) is 13.0 Å². The van der Waals surface area contributed by atoms with E-state index in [1.165, 1.54) is 4.90 Å². The molecule has 0 saturated heterocycles. The van der Waals surface area contributed by atoms with Crippen LogP contribution in [0.25, 0.3) is 0 Å². The van der Waals surface area contributed by atoms with Gasteiger partial charge in [0.2, 0.25) is 5.91 Å². The summed E-state index contributed by atoms with van der Waals surface area (Å²) in [6.45, 7) is 0.218. The van der Waals surface area contributed by atoms with E-state index in [1.54, 1.807) is 7.05 Å². The van der Waals surface area contributed by atoms with E-state index in [-0.39, 0.29) is 18.4 Å². The molecule has 0 N–H and O–H groups in total. The van der Waals surface area contributed by atoms with Crippen LogP contribution in [0.4, 0.5) is 0 Å². The number of hydrogen-bond donors (Lipinski definition) is 0. The molecule has 0 aromatic heterocycles. The Labute approximate surface area is 66.6 Å². The lowest BCUT2D eigenvalue weighted by Gasteiger charge is -2.27. The number of hydrogen-bond acceptors (Lipinski definition) is 2. The van der Waals surface area contributed by atoms with Gasteiger partial charge in [-0.1, -0.05) is 6.42 Å². The van der Waals surface area contributed by atoms with Crippen molar-refractivity contribution >= 4 is 5.91 Å². The molecule has 0 unspecified atom stereocenters. The van der Waals surface area contributed by atoms with Crippen molar-refractivity contribution in [3.05, 3.63) is 0 Å². The summed E-state index contributed by atoms with van der Waals surface area (Å²) in [6.07, 6.45) is 3.18. The first-order valence-electron chi connectivity index (χ1n) is 3.87. The Kier molecular flexibility index (Phi) is 2.48. The lowest BCUT2D eigenvalue weighted by Crippen LogP contribution is -2.36. The Morgan fingerprint density at radius 1 is 1.73 bits per heavy atom. The SMILES string of the molecule is CN(CC#N)C(=O)C1CCC1. The fourth-order valence-electron chi connectivity index (χ4n) is 1.15. The normalized spacial score (nSPS) is 16.7. The third-order valence-electron chi connectivity index (χ3n) is 2.14. The number of carbonyl (C=O) groups excluding carboxylic acids is 1. The van der Waals surface area contributed by atoms with Gasteiger partial charge in [-0.15, -0.1) is 0 Å². The van der Waals surface area contributed by atoms with Gasteiger partial charge in [-0.25, -0.2) is 0 Å². The van der Waals surface area contributed by atoms with E-state index in [0.29, 0.717) is 0 Å². The minimum Gasteiger partial charge on any atom is -0.332 e. The minimum atomic E-state index is 0.137. The molecule has 60 valence electrons. The highest BCUT2D eigenvalue weighted by Gasteiger charge is 2.27. The molecular formula is C8H12N2O. The fraction of sp³-hybridized carbons (Fsp3) is 0.750. The van der Waals surface area contributed by atoms with E-state index in [2.05, 4.69) is 0 Å². The number of nitrogens with zero attached hydrogens (tertiary/aromatic N) is 2. The Balaban J connectivity index is 2.34. The van der Waals surface area contributed by atoms with Crippen LogP contribution in [-0.2, 0) is 4.79 Å². The lowest BCUT2D eigenvalue weighted by atomic mass is 9.84. The molecule has 3 nitrogen and oxygen atoms in total. The first-order valence-corrected chi connectivity index (χ1v) is 3.87. The molecular weight excluding hydrogens is 140 g/mol. The van der Waals surface area contributed by atoms with Gasteiger partial charge in [0.15, 0.2) is 0 Å². The third kappa shape index (κ3) is 1.70. The maximum absolute atomic E-state index is 11.3. The maximum atomic E-state index is 11.3. The van der Waals surface area contributed by atoms with Crippen molar-refractivity contribution in [2.75, 3.05) is 13.6 Å². The minimum absolute atomic E-state index is 0.137. The highest BCUT2D eigenvalue weighted by atomic mass is 16.2. The summed E-state index contributed by atoms with van der Waals surface area (Å²) in [5.41, 5.74) is 0. The molecule has 0 aromatic carbocycles. The number of amides is 1. The van der Waals surface area contributed by atoms with Gasteiger partial charge in [0.25, 0.3) is 0 Å². The maximum Gasteiger partial charge on any atom is 0.226 e. The summed E-state index contributed by atoms with van der Waals surface area (Å²) in [6, 6.07) is 1.96. The first-order chi connectivity index (χ1) is 5.25. The van der Waals surface area contributed by atoms with E-state index in [4.69, 9.17) is 5.26 Å². The second-order valence-corrected chi connectivity index (χ2v) is 2.98. The van der Waals surface area contributed by atoms with E-state index >= 15 is 0 Å². The van der Waals surface area contributed by atoms with Crippen LogP contribution in [0.2, 0.25) is 0 Å². The van der Waals surface area contributed by atoms with Crippen molar-refractivity contribution in [3.8, 4) is 6.07 Å². The van der Waals surface area contributed by atoms with Crippen molar-refractivity contribution < 1.29 is 4.79 Å². The van der Waals surface area contributed by atoms with Crippen molar-refractivity contribution in [1.29, 1.82) is 5.26 Å². The molecule has 0 bridgehead atoms. The van der Waals surface area contributed by atoms with Crippen LogP contribution in [0.1, 0.15) is 19.3 Å². The predicted molar refractivity (Wildman–Crippen MR) is 40.6 cm³/mol. The van der Waals surface area contributed by atoms with Gasteiger partial charge < -0.3 is 4.90 Å². The first kappa shape index (κ1) is 8.06. The molecule has 0 radical (unpaired) electrons. The van der Waals surface area contributed by atoms with E-state index in [0.717, 1.165) is 19.3 Å². The molecule has 11 heavy (non-hydrogen) atoms. The molecule has 0 aliphatic heterocycles. The summed E-state index contributed by atoms with van der Waals surface area (Å²) in [7, 11) is 1.68. The second-order valence-electron chi connectivity index (χ2n) is 2.98. The van der Waals surface area contributed by atoms with Gasteiger partial charge >= 0.3 is 0 Å². The zero-order valence-electron chi connectivity index (χ0n) is 6.71. The predicted octanol–water partition coefficient (Wildman–Crippen LogP) is 0.768. The Morgan fingerprint density at radius 2 is 2.36 bits per heavy atom. The average Bonchev–Trinajstić information content (AvgIpc) is 1.84. The van der Waals surface area contributed by atoms with Gasteiger partial charge in [-0.3, -0.25) is 4.79 Å². The third-order valence-corrected chi connectivity index (χ3v) is 2.14. The topological polar surface area (TPSA) is 44.1 Å². The average molecular weight is 152 g/mol. The Morgan fingerprint density at radius 3 is 2.73 bits per heavy atom. The highest BCUT2D eigenvalue weighted by molar-refractivity contribution is 5.79. The smallest absolute Gasteiger partial charge is 0.226 e. The largest absolute Gasteiger partial charge is 0.332 e. The molecule has 1 fully saturated rings. The van der Waals surface area contributed by atoms with Crippen LogP contribution in [0.5, 0.6) is 0 Å². The van der Waals surface area contributed by atoms with Gasteiger partial charge in [-0.2, -0.15) is 5.26 Å². The standard InChI is InChI=1S/C8H12N2O/c1-10(6-5-9)8(11)7-3-2-4-7/h7H,2-4,6H2,1H3. The molecule has 1 rings (SSSR count). The molecule has 0 atom stereocenters. The van der Waals surface area contributed by atoms with Crippen molar-refractivity contribution in [2.24, 2.45) is 5.92 Å². The molecule has 0 spiro atoms. The summed E-state index contributed by atoms with van der Waals surface area (Å²) in [5.74, 6) is 0.353. The lowest BCUT2D eigenvalue weighted by molar-refractivity contribution is -0.136. The van der Waals surface area contributed by atoms with Crippen LogP contribution in [0.15, 0.2) is 0 Å². The van der Waals surface area contributed by atoms with Gasteiger partial charge in [0.1, 0.15) is 6.54 Å². The molecule has 0 aromatic rings. The Hall–Kier alpha value is -1.04. The zero-order valence-corrected chi connectivity index (χ0v) is 6.71. The Bertz CT molecular complexity index is 191. The highest BCUT2D eigenvalue weighted by Crippen LogP contribution is 2.27. The van der Waals surface area contributed by atoms with Crippen LogP contribution in [0, 0.1) is 17.2 Å². The summed E-state index contributed by atoms with van der Waals surface area (Å²) < 4.78 is 0. The summed E-state index contributed by atoms with van der Waals surface area (Å²) >= 11 is 0. The van der Waals surface area contributed by atoms with Crippen LogP contribution in [-0.4, -0.2) is 24.4 Å². The molecule has 1 saturated carbocycles. The number of carbonyl (C=O) groups is 1. The fourth-order valence-corrected chi connectivity index (χ4v) is 1.15. The molecule has 3 heteroatoms. The zero-order chi connectivity index (χ0) is 8.27. The van der Waals surface area contributed by atoms with Crippen LogP contribution in [0.3, 0.4) is 0 Å². The van der Waals surface area contributed by atoms with Crippen molar-refractivity contribution in [1.82, 2.24) is 4.90 Å². The molecule has 1 aliphatic carbocycles. The monoisotopic (exact) mass is 152 g/mol. The van der Waals surface area contributed by atoms with Gasteiger partial charge in [-0.05, 0) is 12.8 Å². The summed E-state index contributed by atoms with van der Waals surface area (Å²) in [5, 5.41) is 8.31. The van der Waals surface area contributed by atoms with E-state index in [1.807, 2.05) is 6.07 Å². The van der Waals surface area contributed by atoms with Gasteiger partial charge in [0.05, 0.1) is 6.07 Å². The van der Waals surface area contributed by atoms with E-state index in [9.17, 15) is 4.79 Å². The molecule has 0 heterocycles. The van der Waals surface area contributed by atoms with Crippen molar-refractivity contribution in [2.45, 2.75) is 19.3 Å². The van der Waals surface area contributed by atoms with Crippen LogP contribution < -0.4 is 0 Å². The van der Waals surface area contributed by atoms with Crippen molar-refractivity contribution in [3.63, 3.8) is 0 Å². The van der Waals surface area contributed by atoms with Crippen LogP contribution >= 0.6 is 0 Å². The number of rotatable bonds is 2. The second kappa shape index (κ2) is 3.38. The summed E-state index contributed by atoms with van der Waals surface area (Å²) in [4.78, 5) is 12.8. The molecule has 1 aliphatic rings. The quantitative estimate of drug-likeness (QED) is 0.548. The number of nitriles is 1.